The number of alkyl carbamates (subject to hydrolysis) is 1. The number of aromatic nitrogens is 2. The van der Waals surface area contributed by atoms with Crippen molar-refractivity contribution < 1.29 is 122 Å². The van der Waals surface area contributed by atoms with E-state index in [1.165, 1.54) is 26.0 Å². The first kappa shape index (κ1) is 60.1. The number of hydrogen-bond acceptors (Lipinski definition) is 17. The maximum absolute atomic E-state index is 14.9. The average Bonchev–Trinajstić information content (AvgIpc) is 3.85. The molecule has 400 valence electrons. The Morgan fingerprint density at radius 2 is 1.61 bits per heavy atom. The van der Waals surface area contributed by atoms with Gasteiger partial charge in [0, 0.05) is 31.8 Å². The maximum atomic E-state index is 14.9. The second-order valence-electron chi connectivity index (χ2n) is 20.7. The summed E-state index contributed by atoms with van der Waals surface area (Å²) in [4.78, 5) is 92.8. The Morgan fingerprint density at radius 3 is 2.16 bits per heavy atom. The number of ether oxygens (including phenoxy) is 6. The van der Waals surface area contributed by atoms with Gasteiger partial charge in [0.05, 0.1) is 41.8 Å². The van der Waals surface area contributed by atoms with Crippen molar-refractivity contribution in [2.24, 2.45) is 16.7 Å². The topological polar surface area (TPSA) is 289 Å². The molecule has 74 heavy (non-hydrogen) atoms. The van der Waals surface area contributed by atoms with Crippen molar-refractivity contribution in [3.63, 3.8) is 0 Å². The minimum atomic E-state index is -2.35. The molecule has 12 atom stereocenters. The summed E-state index contributed by atoms with van der Waals surface area (Å²) < 4.78 is 48.6. The smallest absolute Gasteiger partial charge is 1.00 e. The van der Waals surface area contributed by atoms with Gasteiger partial charge in [-0.2, -0.15) is 4.39 Å². The number of ketones is 1. The molecule has 8 rings (SSSR count). The van der Waals surface area contributed by atoms with E-state index in [-0.39, 0.29) is 74.6 Å². The van der Waals surface area contributed by atoms with E-state index >= 15 is 0 Å². The van der Waals surface area contributed by atoms with Gasteiger partial charge in [-0.15, -0.1) is 0 Å². The molecule has 3 aromatic rings. The van der Waals surface area contributed by atoms with Gasteiger partial charge in [0.15, 0.2) is 17.5 Å². The van der Waals surface area contributed by atoms with Crippen molar-refractivity contribution >= 4 is 29.8 Å². The number of Topliss-reactive ketones (excluding diaryl/α,β-unsaturated/α-hetero) is 1. The van der Waals surface area contributed by atoms with E-state index in [1.807, 2.05) is 4.98 Å². The van der Waals surface area contributed by atoms with Crippen molar-refractivity contribution in [1.29, 1.82) is 0 Å². The number of esters is 3. The molecular weight excluding hydrogens is 1000 g/mol. The fourth-order valence-corrected chi connectivity index (χ4v) is 11.0. The molecule has 2 saturated heterocycles. The molecule has 3 heterocycles. The number of aromatic amines is 1. The van der Waals surface area contributed by atoms with Gasteiger partial charge in [-0.05, 0) is 76.3 Å². The second-order valence-corrected chi connectivity index (χ2v) is 20.7. The molecule has 2 aromatic carbocycles. The summed E-state index contributed by atoms with van der Waals surface area (Å²) in [5.74, 6) is -6.34. The Morgan fingerprint density at radius 1 is 0.986 bits per heavy atom. The number of fused-ring (bicyclic) bond motifs is 5. The van der Waals surface area contributed by atoms with Crippen LogP contribution in [0.15, 0.2) is 87.6 Å². The van der Waals surface area contributed by atoms with Crippen LogP contribution in [0.3, 0.4) is 0 Å². The van der Waals surface area contributed by atoms with Crippen LogP contribution in [0.4, 0.5) is 9.18 Å². The second kappa shape index (κ2) is 22.8. The molecule has 2 saturated carbocycles. The monoisotopic (exact) mass is 1070 g/mol. The molecule has 0 radical (unpaired) electrons. The first-order valence-corrected chi connectivity index (χ1v) is 23.6. The van der Waals surface area contributed by atoms with Crippen LogP contribution in [0.25, 0.3) is 0 Å². The van der Waals surface area contributed by atoms with Gasteiger partial charge < -0.3 is 68.0 Å². The number of amides is 1. The van der Waals surface area contributed by atoms with Crippen LogP contribution in [-0.2, 0) is 42.8 Å². The average molecular weight is 1070 g/mol. The van der Waals surface area contributed by atoms with Crippen LogP contribution in [0.1, 0.15) is 112 Å². The molecule has 2 bridgehead atoms. The zero-order chi connectivity index (χ0) is 52.9. The van der Waals surface area contributed by atoms with E-state index in [0.717, 1.165) is 24.1 Å². The van der Waals surface area contributed by atoms with Gasteiger partial charge >= 0.3 is 60.7 Å². The van der Waals surface area contributed by atoms with Crippen molar-refractivity contribution in [1.82, 2.24) is 14.9 Å². The first-order valence-electron chi connectivity index (χ1n) is 23.6. The van der Waals surface area contributed by atoms with E-state index in [0.29, 0.717) is 18.6 Å². The van der Waals surface area contributed by atoms with E-state index < -0.39 is 136 Å². The third-order valence-corrected chi connectivity index (χ3v) is 14.7. The van der Waals surface area contributed by atoms with Crippen LogP contribution in [0, 0.1) is 22.6 Å². The van der Waals surface area contributed by atoms with E-state index in [9.17, 15) is 58.4 Å². The Kier molecular flexibility index (Phi) is 18.5. The van der Waals surface area contributed by atoms with Crippen molar-refractivity contribution in [3.8, 4) is 0 Å². The van der Waals surface area contributed by atoms with Crippen molar-refractivity contribution in [2.75, 3.05) is 13.2 Å². The summed E-state index contributed by atoms with van der Waals surface area (Å²) in [7, 11) is 0. The fraction of sp³-hybridized carbons (Fsp3) is 0.549. The van der Waals surface area contributed by atoms with Gasteiger partial charge in [-0.1, -0.05) is 62.4 Å². The fourth-order valence-electron chi connectivity index (χ4n) is 11.0. The standard InChI is InChI=1S/C43H53NO14.C8H9FN2O3.ClH.Na.H/c1-22-26(55-37(51)32(48)30(24-15-11-9-12-16-24)44-38(52)58-39(3,4)5)20-43(53)35(56-36(50)25-17-13-10-14-18-25)33-41(8,34(49)31(47)29(22)40(43,6)7)27(46)19-28-42(33,21-54-28)57-23(2)45;9-5-4-11(6-2-1-3-14-6)8(13)10-7(5)12;;;/h9-18,26-28,30-33,35,46-48,53H,19-21H2,1-8H3,(H,44,52);4,6H,1-3H2,(H,10,12,13);1H;;/q;;;+1;-1/t26-,27-,28+,30-,31+,32+,33-,35-,41+,42-,43+;6-;;;/m01.../s1. The first-order chi connectivity index (χ1) is 33.7. The molecule has 4 fully saturated rings. The number of carbonyl (C=O) groups excluding carboxylic acids is 5. The van der Waals surface area contributed by atoms with Gasteiger partial charge in [-0.3, -0.25) is 23.9 Å². The molecule has 5 aliphatic rings. The Balaban J connectivity index is 0.000000730. The number of nitrogens with one attached hydrogen (secondary N) is 2. The summed E-state index contributed by atoms with van der Waals surface area (Å²) in [6.07, 6.45) is -9.56. The van der Waals surface area contributed by atoms with Gasteiger partial charge in [0.25, 0.3) is 5.56 Å². The predicted molar refractivity (Wildman–Crippen MR) is 251 cm³/mol. The SMILES string of the molecule is CC(=O)O[C@@]12CO[C@@H]1C[C@H](O)[C@@]1(C)C(=O)[C@H](O)C3=C(C)[C@@H](OC(=O)[C@H](O)[C@@H](NC(=O)OC(C)(C)C)c4ccccc4)C[C@@](O)([C@@H](OC(=O)c4ccccc4)[C@H]21)C3(C)C.O=c1[nH]c(=O)n([C@H]2CCCO2)cc1F.[Cl-].[H+].[H-].[Na+]. The van der Waals surface area contributed by atoms with Crippen LogP contribution >= 0.6 is 0 Å². The number of H-pyrrole nitrogens is 1. The zero-order valence-corrected chi connectivity index (χ0v) is 45.3. The Hall–Kier alpha value is -4.81. The number of nitrogens with zero attached hydrogens (tertiary/aromatic N) is 1. The quantitative estimate of drug-likeness (QED) is 0.0558. The van der Waals surface area contributed by atoms with Crippen LogP contribution in [0.5, 0.6) is 0 Å². The summed E-state index contributed by atoms with van der Waals surface area (Å²) in [6.45, 7) is 12.3. The molecule has 23 heteroatoms. The normalized spacial score (nSPS) is 30.4. The van der Waals surface area contributed by atoms with E-state index in [1.54, 1.807) is 83.1 Å². The molecule has 2 aliphatic heterocycles. The number of halogens is 2. The maximum Gasteiger partial charge on any atom is 1.00 e. The summed E-state index contributed by atoms with van der Waals surface area (Å²) in [5.41, 5.74) is -9.77. The number of hydrogen-bond donors (Lipinski definition) is 6. The third-order valence-electron chi connectivity index (χ3n) is 14.7. The summed E-state index contributed by atoms with van der Waals surface area (Å²) in [6, 6.07) is 14.6. The van der Waals surface area contributed by atoms with Crippen LogP contribution in [-0.4, -0.2) is 126 Å². The molecule has 1 aromatic heterocycles. The Bertz CT molecular complexity index is 2740. The molecule has 20 nitrogen and oxygen atoms in total. The predicted octanol–water partition coefficient (Wildman–Crippen LogP) is -2.52. The number of aliphatic hydroxyl groups is 4. The summed E-state index contributed by atoms with van der Waals surface area (Å²) in [5, 5.41) is 51.6. The van der Waals surface area contributed by atoms with E-state index in [4.69, 9.17) is 28.4 Å². The molecule has 0 unspecified atom stereocenters. The molecule has 1 amide bonds. The van der Waals surface area contributed by atoms with Crippen molar-refractivity contribution in [3.05, 3.63) is 116 Å². The number of carbonyl (C=O) groups is 5. The number of aliphatic hydroxyl groups excluding tert-OH is 3. The molecule has 3 aliphatic carbocycles. The third kappa shape index (κ3) is 11.2. The van der Waals surface area contributed by atoms with E-state index in [2.05, 4.69) is 5.32 Å². The molecular formula is C51H64ClFN3NaO17. The zero-order valence-electron chi connectivity index (χ0n) is 44.6. The number of rotatable bonds is 9. The minimum absolute atomic E-state index is 0. The minimum Gasteiger partial charge on any atom is -1.00 e. The Labute approximate surface area is 456 Å². The largest absolute Gasteiger partial charge is 1.00 e. The van der Waals surface area contributed by atoms with Gasteiger partial charge in [0.1, 0.15) is 41.8 Å². The van der Waals surface area contributed by atoms with Gasteiger partial charge in [0.2, 0.25) is 5.82 Å². The van der Waals surface area contributed by atoms with Crippen molar-refractivity contribution in [2.45, 2.75) is 147 Å². The summed E-state index contributed by atoms with van der Waals surface area (Å²) >= 11 is 0. The molecule has 6 N–H and O–H groups in total. The van der Waals surface area contributed by atoms with Crippen LogP contribution in [0.2, 0.25) is 0 Å². The van der Waals surface area contributed by atoms with Crippen LogP contribution < -0.4 is 58.5 Å². The van der Waals surface area contributed by atoms with Gasteiger partial charge in [-0.25, -0.2) is 19.2 Å². The molecule has 0 spiro atoms. The number of benzene rings is 2.